The number of nitrogens with one attached hydrogen (secondary N) is 2. The van der Waals surface area contributed by atoms with Crippen molar-refractivity contribution >= 4 is 23.6 Å². The summed E-state index contributed by atoms with van der Waals surface area (Å²) in [6.07, 6.45) is -2.76. The van der Waals surface area contributed by atoms with Gasteiger partial charge in [-0.3, -0.25) is 9.78 Å². The smallest absolute Gasteiger partial charge is 0.461 e. The number of alkyl halides is 4. The number of nitrogens with zero attached hydrogens (tertiary/aromatic N) is 1. The van der Waals surface area contributed by atoms with Crippen molar-refractivity contribution in [2.24, 2.45) is 17.8 Å². The molecule has 12 heteroatoms. The van der Waals surface area contributed by atoms with Crippen molar-refractivity contribution in [1.29, 1.82) is 0 Å². The number of fused-ring (bicyclic) bond motifs is 2. The number of ether oxygens (including phenoxy) is 2. The fourth-order valence-electron chi connectivity index (χ4n) is 6.04. The van der Waals surface area contributed by atoms with Crippen LogP contribution in [0.1, 0.15) is 30.2 Å². The summed E-state index contributed by atoms with van der Waals surface area (Å²) in [5.41, 5.74) is -0.291. The van der Waals surface area contributed by atoms with E-state index >= 15 is 0 Å². The Labute approximate surface area is 256 Å². The number of halogens is 5. The maximum atomic E-state index is 13.9. The van der Waals surface area contributed by atoms with Crippen LogP contribution in [0, 0.1) is 17.8 Å². The summed E-state index contributed by atoms with van der Waals surface area (Å²) in [5.74, 6) is -1.70. The highest BCUT2D eigenvalue weighted by Gasteiger charge is 2.50. The van der Waals surface area contributed by atoms with E-state index < -0.39 is 47.8 Å². The van der Waals surface area contributed by atoms with Gasteiger partial charge >= 0.3 is 24.5 Å². The van der Waals surface area contributed by atoms with Gasteiger partial charge in [0.05, 0.1) is 29.3 Å². The van der Waals surface area contributed by atoms with Gasteiger partial charge in [0.2, 0.25) is 0 Å². The minimum Gasteiger partial charge on any atom is -0.466 e. The third kappa shape index (κ3) is 6.52. The van der Waals surface area contributed by atoms with Crippen LogP contribution in [0.25, 0.3) is 0 Å². The van der Waals surface area contributed by atoms with Crippen LogP contribution in [0.15, 0.2) is 85.1 Å². The van der Waals surface area contributed by atoms with Gasteiger partial charge in [0, 0.05) is 12.6 Å². The minimum absolute atomic E-state index is 0.0719. The summed E-state index contributed by atoms with van der Waals surface area (Å²) < 4.78 is 63.5. The number of allylic oxidation sites excluding steroid dienone is 1. The van der Waals surface area contributed by atoms with Gasteiger partial charge in [0.1, 0.15) is 11.3 Å². The molecule has 0 saturated heterocycles. The predicted molar refractivity (Wildman–Crippen MR) is 155 cm³/mol. The number of esters is 1. The van der Waals surface area contributed by atoms with Gasteiger partial charge in [-0.15, -0.1) is 0 Å². The number of benzene rings is 2. The van der Waals surface area contributed by atoms with Crippen molar-refractivity contribution in [1.82, 2.24) is 15.6 Å². The molecule has 232 valence electrons. The molecule has 1 aromatic heterocycles. The van der Waals surface area contributed by atoms with Gasteiger partial charge in [0.15, 0.2) is 0 Å². The molecular formula is C32H30ClF4N3O4. The van der Waals surface area contributed by atoms with Crippen molar-refractivity contribution in [3.63, 3.8) is 0 Å². The average Bonchev–Trinajstić information content (AvgIpc) is 3.60. The molecule has 0 aliphatic heterocycles. The summed E-state index contributed by atoms with van der Waals surface area (Å²) in [6, 6.07) is 16.1. The Morgan fingerprint density at radius 3 is 2.48 bits per heavy atom. The number of rotatable bonds is 11. The number of urea groups is 1. The molecule has 2 aliphatic rings. The zero-order chi connectivity index (χ0) is 31.5. The lowest BCUT2D eigenvalue weighted by Crippen LogP contribution is -2.56. The lowest BCUT2D eigenvalue weighted by atomic mass is 9.80. The molecule has 0 spiro atoms. The Hall–Kier alpha value is -4.12. The largest absolute Gasteiger partial charge is 0.466 e. The SMILES string of the molecule is CCOC(=O)[C@@H]1[C@H](NC(=O)N[C@@](Cc2ccccc2)(c2cccc(OC(F)(F)C(F)F)c2)c2ccc(Cl)cn2)[C@@H]2C=C[C@H]1C2. The van der Waals surface area contributed by atoms with Crippen LogP contribution in [-0.2, 0) is 21.5 Å². The van der Waals surface area contributed by atoms with E-state index in [0.717, 1.165) is 17.7 Å². The van der Waals surface area contributed by atoms with Crippen molar-refractivity contribution in [2.75, 3.05) is 6.61 Å². The van der Waals surface area contributed by atoms with E-state index in [-0.39, 0.29) is 36.1 Å². The molecule has 3 aromatic rings. The average molecular weight is 632 g/mol. The molecule has 2 N–H and O–H groups in total. The topological polar surface area (TPSA) is 89.5 Å². The zero-order valence-electron chi connectivity index (χ0n) is 23.6. The highest BCUT2D eigenvalue weighted by atomic mass is 35.5. The van der Waals surface area contributed by atoms with E-state index in [1.807, 2.05) is 30.4 Å². The number of hydrogen-bond donors (Lipinski definition) is 2. The molecule has 2 aromatic carbocycles. The van der Waals surface area contributed by atoms with Crippen LogP contribution in [0.4, 0.5) is 22.4 Å². The number of carbonyl (C=O) groups excluding carboxylic acids is 2. The standard InChI is InChI=1S/C32H30ClF4N3O4/c1-2-43-28(41)26-20-11-12-21(15-20)27(26)39-30(42)40-31(17-19-7-4-3-5-8-19,25-14-13-23(33)18-38-25)22-9-6-10-24(16-22)44-32(36,37)29(34)35/h3-14,16,18,20-21,26-27,29H,2,15,17H2,1H3,(H2,39,40,42)/t20-,21+,26-,27+,31-/m0/s1. The molecule has 0 unspecified atom stereocenters. The van der Waals surface area contributed by atoms with E-state index in [4.69, 9.17) is 16.3 Å². The Balaban J connectivity index is 1.57. The zero-order valence-corrected chi connectivity index (χ0v) is 24.3. The normalized spacial score (nSPS) is 22.0. The third-order valence-corrected chi connectivity index (χ3v) is 8.18. The Morgan fingerprint density at radius 2 is 1.80 bits per heavy atom. The molecule has 44 heavy (non-hydrogen) atoms. The first-order chi connectivity index (χ1) is 21.0. The third-order valence-electron chi connectivity index (χ3n) is 7.95. The lowest BCUT2D eigenvalue weighted by Gasteiger charge is -2.37. The van der Waals surface area contributed by atoms with Gasteiger partial charge < -0.3 is 20.1 Å². The van der Waals surface area contributed by atoms with Crippen LogP contribution >= 0.6 is 11.6 Å². The molecule has 0 radical (unpaired) electrons. The van der Waals surface area contributed by atoms with Crippen molar-refractivity contribution in [2.45, 2.75) is 43.9 Å². The van der Waals surface area contributed by atoms with Crippen LogP contribution in [0.5, 0.6) is 5.75 Å². The molecule has 1 heterocycles. The molecule has 2 aliphatic carbocycles. The second-order valence-electron chi connectivity index (χ2n) is 10.8. The Morgan fingerprint density at radius 1 is 1.05 bits per heavy atom. The fraction of sp³-hybridized carbons (Fsp3) is 0.344. The van der Waals surface area contributed by atoms with E-state index in [1.165, 1.54) is 12.3 Å². The quantitative estimate of drug-likeness (QED) is 0.143. The Bertz CT molecular complexity index is 1510. The maximum Gasteiger partial charge on any atom is 0.461 e. The lowest BCUT2D eigenvalue weighted by molar-refractivity contribution is -0.253. The summed E-state index contributed by atoms with van der Waals surface area (Å²) >= 11 is 6.14. The summed E-state index contributed by atoms with van der Waals surface area (Å²) in [4.78, 5) is 31.2. The molecule has 2 bridgehead atoms. The number of hydrogen-bond acceptors (Lipinski definition) is 5. The second kappa shape index (κ2) is 12.9. The second-order valence-corrected chi connectivity index (χ2v) is 11.2. The number of pyridine rings is 1. The molecule has 5 atom stereocenters. The van der Waals surface area contributed by atoms with Gasteiger partial charge in [-0.2, -0.15) is 17.6 Å². The molecule has 5 rings (SSSR count). The van der Waals surface area contributed by atoms with Crippen LogP contribution < -0.4 is 15.4 Å². The highest BCUT2D eigenvalue weighted by Crippen LogP contribution is 2.44. The van der Waals surface area contributed by atoms with E-state index in [9.17, 15) is 27.2 Å². The Kier molecular flexibility index (Phi) is 9.15. The van der Waals surface area contributed by atoms with Gasteiger partial charge in [0.25, 0.3) is 0 Å². The van der Waals surface area contributed by atoms with E-state index in [0.29, 0.717) is 11.4 Å². The molecule has 1 saturated carbocycles. The predicted octanol–water partition coefficient (Wildman–Crippen LogP) is 6.51. The summed E-state index contributed by atoms with van der Waals surface area (Å²) in [6.45, 7) is 1.91. The van der Waals surface area contributed by atoms with Crippen molar-refractivity contribution in [3.05, 3.63) is 107 Å². The number of aromatic nitrogens is 1. The van der Waals surface area contributed by atoms with E-state index in [1.54, 1.807) is 37.3 Å². The summed E-state index contributed by atoms with van der Waals surface area (Å²) in [7, 11) is 0. The highest BCUT2D eigenvalue weighted by molar-refractivity contribution is 6.30. The van der Waals surface area contributed by atoms with Gasteiger partial charge in [-0.05, 0) is 60.6 Å². The fourth-order valence-corrected chi connectivity index (χ4v) is 6.15. The van der Waals surface area contributed by atoms with Crippen LogP contribution in [-0.4, -0.2) is 42.2 Å². The van der Waals surface area contributed by atoms with Crippen LogP contribution in [0.2, 0.25) is 5.02 Å². The minimum atomic E-state index is -4.75. The number of amides is 2. The molecule has 1 fully saturated rings. The molecular weight excluding hydrogens is 602 g/mol. The van der Waals surface area contributed by atoms with Crippen molar-refractivity contribution < 1.29 is 36.6 Å². The van der Waals surface area contributed by atoms with Crippen LogP contribution in [0.3, 0.4) is 0 Å². The molecule has 2 amide bonds. The first-order valence-electron chi connectivity index (χ1n) is 14.1. The van der Waals surface area contributed by atoms with Gasteiger partial charge in [-0.1, -0.05) is 66.2 Å². The van der Waals surface area contributed by atoms with E-state index in [2.05, 4.69) is 20.4 Å². The molecule has 7 nitrogen and oxygen atoms in total. The number of carbonyl (C=O) groups is 2. The summed E-state index contributed by atoms with van der Waals surface area (Å²) in [5, 5.41) is 6.26. The monoisotopic (exact) mass is 631 g/mol. The first-order valence-corrected chi connectivity index (χ1v) is 14.5. The first kappa shape index (κ1) is 31.3. The maximum absolute atomic E-state index is 13.9. The van der Waals surface area contributed by atoms with Gasteiger partial charge in [-0.25, -0.2) is 4.79 Å². The van der Waals surface area contributed by atoms with Crippen molar-refractivity contribution in [3.8, 4) is 5.75 Å².